The van der Waals surface area contributed by atoms with Crippen molar-refractivity contribution in [3.63, 3.8) is 0 Å². The summed E-state index contributed by atoms with van der Waals surface area (Å²) >= 11 is 0. The standard InChI is InChI=1S/C22H23F3N4O2/c23-22(24,25)31-19-8-4-1-5-15(19)13-26-20(30)14-9-11-16(12-10-14)27-21-28-17-6-2-3-7-18(17)29-21/h1-8,14,16H,9-13H2,(H,26,30)(H2,27,28,29)/t14-,16-. The highest BCUT2D eigenvalue weighted by Gasteiger charge is 2.32. The lowest BCUT2D eigenvalue weighted by atomic mass is 9.85. The number of anilines is 1. The molecule has 4 rings (SSSR count). The zero-order chi connectivity index (χ0) is 21.8. The van der Waals surface area contributed by atoms with Gasteiger partial charge in [0, 0.05) is 24.1 Å². The number of carbonyl (C=O) groups is 1. The van der Waals surface area contributed by atoms with E-state index in [-0.39, 0.29) is 35.7 Å². The number of carbonyl (C=O) groups excluding carboxylic acids is 1. The van der Waals surface area contributed by atoms with E-state index in [1.807, 2.05) is 24.3 Å². The normalized spacial score (nSPS) is 19.2. The van der Waals surface area contributed by atoms with Gasteiger partial charge in [-0.1, -0.05) is 30.3 Å². The lowest BCUT2D eigenvalue weighted by Gasteiger charge is -2.28. The molecular formula is C22H23F3N4O2. The van der Waals surface area contributed by atoms with Gasteiger partial charge >= 0.3 is 6.36 Å². The van der Waals surface area contributed by atoms with E-state index in [0.29, 0.717) is 12.8 Å². The molecule has 1 heterocycles. The summed E-state index contributed by atoms with van der Waals surface area (Å²) in [6.45, 7) is -0.0117. The minimum Gasteiger partial charge on any atom is -0.405 e. The molecule has 2 aromatic carbocycles. The summed E-state index contributed by atoms with van der Waals surface area (Å²) in [7, 11) is 0. The molecule has 0 unspecified atom stereocenters. The molecule has 1 aliphatic carbocycles. The van der Waals surface area contributed by atoms with Gasteiger partial charge in [0.1, 0.15) is 5.75 Å². The van der Waals surface area contributed by atoms with Crippen LogP contribution in [0.5, 0.6) is 5.75 Å². The number of hydrogen-bond acceptors (Lipinski definition) is 4. The number of para-hydroxylation sites is 3. The molecule has 0 bridgehead atoms. The second-order valence-corrected chi connectivity index (χ2v) is 7.67. The molecule has 31 heavy (non-hydrogen) atoms. The summed E-state index contributed by atoms with van der Waals surface area (Å²) in [5.41, 5.74) is 2.15. The SMILES string of the molecule is O=C(NCc1ccccc1OC(F)(F)F)[C@H]1CC[C@H](Nc2nc3ccccc3[nH]2)CC1. The molecule has 9 heteroatoms. The predicted molar refractivity (Wildman–Crippen MR) is 110 cm³/mol. The minimum atomic E-state index is -4.77. The summed E-state index contributed by atoms with van der Waals surface area (Å²) in [6.07, 6.45) is -1.76. The monoisotopic (exact) mass is 432 g/mol. The Kier molecular flexibility index (Phi) is 6.01. The van der Waals surface area contributed by atoms with Crippen LogP contribution in [0, 0.1) is 5.92 Å². The molecule has 1 fully saturated rings. The first kappa shape index (κ1) is 21.0. The van der Waals surface area contributed by atoms with Crippen LogP contribution in [0.1, 0.15) is 31.2 Å². The Morgan fingerprint density at radius 1 is 1.06 bits per heavy atom. The smallest absolute Gasteiger partial charge is 0.405 e. The number of ether oxygens (including phenoxy) is 1. The van der Waals surface area contributed by atoms with Crippen molar-refractivity contribution in [3.05, 3.63) is 54.1 Å². The van der Waals surface area contributed by atoms with E-state index in [2.05, 4.69) is 25.3 Å². The first-order valence-corrected chi connectivity index (χ1v) is 10.2. The number of alkyl halides is 3. The van der Waals surface area contributed by atoms with Crippen molar-refractivity contribution < 1.29 is 22.7 Å². The molecule has 1 aromatic heterocycles. The van der Waals surface area contributed by atoms with Gasteiger partial charge in [0.2, 0.25) is 11.9 Å². The second-order valence-electron chi connectivity index (χ2n) is 7.67. The largest absolute Gasteiger partial charge is 0.573 e. The summed E-state index contributed by atoms with van der Waals surface area (Å²) < 4.78 is 41.7. The Bertz CT molecular complexity index is 1010. The van der Waals surface area contributed by atoms with Crippen LogP contribution >= 0.6 is 0 Å². The van der Waals surface area contributed by atoms with Gasteiger partial charge < -0.3 is 20.4 Å². The highest BCUT2D eigenvalue weighted by atomic mass is 19.4. The Labute approximate surface area is 177 Å². The van der Waals surface area contributed by atoms with E-state index >= 15 is 0 Å². The second kappa shape index (κ2) is 8.87. The maximum absolute atomic E-state index is 12.5. The quantitative estimate of drug-likeness (QED) is 0.525. The fraction of sp³-hybridized carbons (Fsp3) is 0.364. The van der Waals surface area contributed by atoms with Gasteiger partial charge in [-0.15, -0.1) is 13.2 Å². The van der Waals surface area contributed by atoms with Crippen LogP contribution < -0.4 is 15.4 Å². The van der Waals surface area contributed by atoms with Crippen molar-refractivity contribution in [1.29, 1.82) is 0 Å². The number of amides is 1. The lowest BCUT2D eigenvalue weighted by Crippen LogP contribution is -2.35. The third kappa shape index (κ3) is 5.48. The van der Waals surface area contributed by atoms with E-state index in [4.69, 9.17) is 0 Å². The van der Waals surface area contributed by atoms with Gasteiger partial charge in [0.15, 0.2) is 0 Å². The summed E-state index contributed by atoms with van der Waals surface area (Å²) in [4.78, 5) is 20.3. The molecule has 6 nitrogen and oxygen atoms in total. The van der Waals surface area contributed by atoms with Crippen LogP contribution in [0.4, 0.5) is 19.1 Å². The molecular weight excluding hydrogens is 409 g/mol. The fourth-order valence-corrected chi connectivity index (χ4v) is 3.92. The number of imidazole rings is 1. The molecule has 3 aromatic rings. The van der Waals surface area contributed by atoms with Crippen molar-refractivity contribution >= 4 is 22.9 Å². The van der Waals surface area contributed by atoms with Crippen LogP contribution in [-0.4, -0.2) is 28.3 Å². The van der Waals surface area contributed by atoms with Crippen molar-refractivity contribution in [2.75, 3.05) is 5.32 Å². The number of H-pyrrole nitrogens is 1. The summed E-state index contributed by atoms with van der Waals surface area (Å²) in [6, 6.07) is 13.8. The van der Waals surface area contributed by atoms with E-state index in [1.165, 1.54) is 18.2 Å². The number of halogens is 3. The first-order chi connectivity index (χ1) is 14.9. The van der Waals surface area contributed by atoms with Gasteiger partial charge in [0.05, 0.1) is 11.0 Å². The zero-order valence-corrected chi connectivity index (χ0v) is 16.7. The van der Waals surface area contributed by atoms with E-state index in [9.17, 15) is 18.0 Å². The summed E-state index contributed by atoms with van der Waals surface area (Å²) in [5.74, 6) is 0.109. The van der Waals surface area contributed by atoms with Gasteiger partial charge in [-0.2, -0.15) is 0 Å². The maximum Gasteiger partial charge on any atom is 0.573 e. The Morgan fingerprint density at radius 2 is 1.77 bits per heavy atom. The van der Waals surface area contributed by atoms with Crippen LogP contribution in [0.25, 0.3) is 11.0 Å². The highest BCUT2D eigenvalue weighted by Crippen LogP contribution is 2.28. The number of hydrogen-bond donors (Lipinski definition) is 3. The predicted octanol–water partition coefficient (Wildman–Crippen LogP) is 4.75. The summed E-state index contributed by atoms with van der Waals surface area (Å²) in [5, 5.41) is 6.15. The van der Waals surface area contributed by atoms with E-state index in [0.717, 1.165) is 29.8 Å². The van der Waals surface area contributed by atoms with Crippen LogP contribution in [-0.2, 0) is 11.3 Å². The zero-order valence-electron chi connectivity index (χ0n) is 16.7. The Balaban J connectivity index is 1.27. The number of aromatic amines is 1. The average molecular weight is 432 g/mol. The van der Waals surface area contributed by atoms with Crippen molar-refractivity contribution in [1.82, 2.24) is 15.3 Å². The number of benzene rings is 2. The van der Waals surface area contributed by atoms with Gasteiger partial charge in [-0.05, 0) is 43.9 Å². The molecule has 3 N–H and O–H groups in total. The number of rotatable bonds is 6. The van der Waals surface area contributed by atoms with Gasteiger partial charge in [0.25, 0.3) is 0 Å². The van der Waals surface area contributed by atoms with Crippen LogP contribution in [0.15, 0.2) is 48.5 Å². The molecule has 1 amide bonds. The van der Waals surface area contributed by atoms with Gasteiger partial charge in [-0.3, -0.25) is 4.79 Å². The topological polar surface area (TPSA) is 79.0 Å². The van der Waals surface area contributed by atoms with E-state index < -0.39 is 6.36 Å². The third-order valence-corrected chi connectivity index (χ3v) is 5.48. The third-order valence-electron chi connectivity index (χ3n) is 5.48. The Hall–Kier alpha value is -3.23. The molecule has 164 valence electrons. The van der Waals surface area contributed by atoms with Crippen LogP contribution in [0.2, 0.25) is 0 Å². The number of fused-ring (bicyclic) bond motifs is 1. The highest BCUT2D eigenvalue weighted by molar-refractivity contribution is 5.79. The molecule has 0 radical (unpaired) electrons. The van der Waals surface area contributed by atoms with Crippen LogP contribution in [0.3, 0.4) is 0 Å². The van der Waals surface area contributed by atoms with Gasteiger partial charge in [-0.25, -0.2) is 4.98 Å². The number of nitrogens with zero attached hydrogens (tertiary/aromatic N) is 1. The Morgan fingerprint density at radius 3 is 2.52 bits per heavy atom. The average Bonchev–Trinajstić information content (AvgIpc) is 3.14. The fourth-order valence-electron chi connectivity index (χ4n) is 3.92. The molecule has 0 aliphatic heterocycles. The molecule has 0 spiro atoms. The van der Waals surface area contributed by atoms with Crippen molar-refractivity contribution in [3.8, 4) is 5.75 Å². The van der Waals surface area contributed by atoms with Crippen molar-refractivity contribution in [2.24, 2.45) is 5.92 Å². The van der Waals surface area contributed by atoms with Crippen molar-refractivity contribution in [2.45, 2.75) is 44.6 Å². The first-order valence-electron chi connectivity index (χ1n) is 10.2. The molecule has 0 saturated heterocycles. The van der Waals surface area contributed by atoms with E-state index in [1.54, 1.807) is 6.07 Å². The lowest BCUT2D eigenvalue weighted by molar-refractivity contribution is -0.274. The molecule has 1 saturated carbocycles. The molecule has 0 atom stereocenters. The number of nitrogens with one attached hydrogen (secondary N) is 3. The minimum absolute atomic E-state index is 0.0117. The molecule has 1 aliphatic rings. The maximum atomic E-state index is 12.5. The number of aromatic nitrogens is 2.